The van der Waals surface area contributed by atoms with Crippen LogP contribution in [0.5, 0.6) is 5.75 Å². The van der Waals surface area contributed by atoms with Gasteiger partial charge < -0.3 is 19.1 Å². The molecule has 1 saturated heterocycles. The first-order chi connectivity index (χ1) is 17.2. The Labute approximate surface area is 205 Å². The molecule has 0 aliphatic carbocycles. The number of terminal acetylenes is 1. The molecule has 0 spiro atoms. The molecule has 2 N–H and O–H groups in total. The molecular formula is C27H20FN3O4S. The number of pyridine rings is 1. The predicted octanol–water partition coefficient (Wildman–Crippen LogP) is 4.33. The number of hydrogen-bond acceptors (Lipinski definition) is 5. The summed E-state index contributed by atoms with van der Waals surface area (Å²) in [7, 11) is -5.15. The van der Waals surface area contributed by atoms with Gasteiger partial charge >= 0.3 is 10.5 Å². The van der Waals surface area contributed by atoms with E-state index < -0.39 is 10.5 Å². The summed E-state index contributed by atoms with van der Waals surface area (Å²) in [6.45, 7) is 3.37. The first kappa shape index (κ1) is 22.3. The van der Waals surface area contributed by atoms with Gasteiger partial charge in [-0.2, -0.15) is 8.42 Å². The Morgan fingerprint density at radius 3 is 2.61 bits per heavy atom. The molecule has 0 saturated carbocycles. The summed E-state index contributed by atoms with van der Waals surface area (Å²) in [5.74, 6) is 2.50. The van der Waals surface area contributed by atoms with E-state index in [0.717, 1.165) is 51.8 Å². The molecule has 3 heterocycles. The predicted molar refractivity (Wildman–Crippen MR) is 138 cm³/mol. The average Bonchev–Trinajstić information content (AvgIpc) is 3.18. The highest BCUT2D eigenvalue weighted by atomic mass is 32.3. The molecule has 2 aromatic heterocycles. The van der Waals surface area contributed by atoms with Gasteiger partial charge in [-0.25, -0.2) is 0 Å². The SMILES string of the molecule is C#Cc1ccc2c(c1)[nH]c1c2c(=O)c2cc(C)c(-c3cccc(OS(=O)(=O)F)c3)cc2n1C1CNC1. The van der Waals surface area contributed by atoms with Crippen LogP contribution in [0.15, 0.2) is 59.4 Å². The first-order valence-electron chi connectivity index (χ1n) is 11.3. The Bertz CT molecular complexity index is 1930. The number of aromatic amines is 1. The maximum Gasteiger partial charge on any atom is 0.488 e. The number of H-pyrrole nitrogens is 1. The molecule has 0 atom stereocenters. The van der Waals surface area contributed by atoms with E-state index in [-0.39, 0.29) is 17.2 Å². The minimum atomic E-state index is -5.15. The van der Waals surface area contributed by atoms with Gasteiger partial charge in [-0.05, 0) is 60.0 Å². The van der Waals surface area contributed by atoms with Crippen molar-refractivity contribution in [3.05, 3.63) is 75.9 Å². The van der Waals surface area contributed by atoms with E-state index in [0.29, 0.717) is 16.3 Å². The molecular weight excluding hydrogens is 481 g/mol. The number of aromatic nitrogens is 2. The lowest BCUT2D eigenvalue weighted by Crippen LogP contribution is -2.44. The van der Waals surface area contributed by atoms with Crippen LogP contribution in [0, 0.1) is 19.3 Å². The van der Waals surface area contributed by atoms with Crippen LogP contribution in [0.2, 0.25) is 0 Å². The molecule has 180 valence electrons. The van der Waals surface area contributed by atoms with E-state index in [1.165, 1.54) is 12.1 Å². The normalized spacial score (nSPS) is 14.2. The Hall–Kier alpha value is -4.13. The van der Waals surface area contributed by atoms with Crippen LogP contribution in [-0.4, -0.2) is 31.1 Å². The van der Waals surface area contributed by atoms with Crippen molar-refractivity contribution in [3.8, 4) is 29.2 Å². The Kier molecular flexibility index (Phi) is 4.93. The van der Waals surface area contributed by atoms with Crippen molar-refractivity contribution in [2.75, 3.05) is 13.1 Å². The number of hydrogen-bond donors (Lipinski definition) is 2. The Morgan fingerprint density at radius 1 is 1.11 bits per heavy atom. The van der Waals surface area contributed by atoms with Gasteiger partial charge in [-0.1, -0.05) is 28.0 Å². The minimum Gasteiger partial charge on any atom is -0.358 e. The van der Waals surface area contributed by atoms with Crippen molar-refractivity contribution in [1.29, 1.82) is 0 Å². The molecule has 7 nitrogen and oxygen atoms in total. The van der Waals surface area contributed by atoms with Gasteiger partial charge in [-0.15, -0.1) is 6.42 Å². The molecule has 36 heavy (non-hydrogen) atoms. The lowest BCUT2D eigenvalue weighted by Gasteiger charge is -2.32. The molecule has 1 fully saturated rings. The molecule has 1 aliphatic rings. The van der Waals surface area contributed by atoms with Crippen LogP contribution >= 0.6 is 0 Å². The van der Waals surface area contributed by atoms with Crippen molar-refractivity contribution in [3.63, 3.8) is 0 Å². The van der Waals surface area contributed by atoms with Gasteiger partial charge in [0.15, 0.2) is 5.43 Å². The number of fused-ring (bicyclic) bond motifs is 4. The smallest absolute Gasteiger partial charge is 0.358 e. The van der Waals surface area contributed by atoms with Crippen LogP contribution in [-0.2, 0) is 10.5 Å². The van der Waals surface area contributed by atoms with Gasteiger partial charge in [0.05, 0.1) is 16.9 Å². The van der Waals surface area contributed by atoms with Crippen molar-refractivity contribution >= 4 is 43.3 Å². The molecule has 0 unspecified atom stereocenters. The molecule has 0 bridgehead atoms. The number of rotatable bonds is 4. The van der Waals surface area contributed by atoms with E-state index in [9.17, 15) is 17.1 Å². The summed E-state index contributed by atoms with van der Waals surface area (Å²) < 4.78 is 41.6. The highest BCUT2D eigenvalue weighted by molar-refractivity contribution is 7.81. The number of nitrogens with zero attached hydrogens (tertiary/aromatic N) is 1. The van der Waals surface area contributed by atoms with E-state index in [1.807, 2.05) is 37.3 Å². The first-order valence-corrected chi connectivity index (χ1v) is 12.6. The molecule has 6 rings (SSSR count). The number of aryl methyl sites for hydroxylation is 1. The monoisotopic (exact) mass is 501 g/mol. The molecule has 3 aromatic carbocycles. The number of benzene rings is 3. The van der Waals surface area contributed by atoms with Crippen molar-refractivity contribution in [2.45, 2.75) is 13.0 Å². The quantitative estimate of drug-likeness (QED) is 0.283. The minimum absolute atomic E-state index is 0.0847. The van der Waals surface area contributed by atoms with Gasteiger partial charge in [0, 0.05) is 34.9 Å². The third kappa shape index (κ3) is 3.54. The average molecular weight is 502 g/mol. The highest BCUT2D eigenvalue weighted by Gasteiger charge is 2.26. The fraction of sp³-hybridized carbons (Fsp3) is 0.148. The zero-order valence-corrected chi connectivity index (χ0v) is 19.9. The molecule has 0 amide bonds. The third-order valence-electron chi connectivity index (χ3n) is 6.73. The molecule has 1 aliphatic heterocycles. The largest absolute Gasteiger partial charge is 0.488 e. The maximum atomic E-state index is 13.8. The van der Waals surface area contributed by atoms with Gasteiger partial charge in [-0.3, -0.25) is 4.79 Å². The van der Waals surface area contributed by atoms with Gasteiger partial charge in [0.2, 0.25) is 0 Å². The fourth-order valence-electron chi connectivity index (χ4n) is 4.99. The third-order valence-corrected chi connectivity index (χ3v) is 7.12. The van der Waals surface area contributed by atoms with E-state index in [4.69, 9.17) is 6.42 Å². The highest BCUT2D eigenvalue weighted by Crippen LogP contribution is 2.35. The summed E-state index contributed by atoms with van der Waals surface area (Å²) >= 11 is 0. The second-order valence-electron chi connectivity index (χ2n) is 8.95. The van der Waals surface area contributed by atoms with E-state index in [1.54, 1.807) is 12.1 Å². The Morgan fingerprint density at radius 2 is 1.92 bits per heavy atom. The number of halogens is 1. The van der Waals surface area contributed by atoms with Crippen LogP contribution < -0.4 is 14.9 Å². The van der Waals surface area contributed by atoms with Crippen LogP contribution in [0.3, 0.4) is 0 Å². The van der Waals surface area contributed by atoms with Crippen molar-refractivity contribution < 1.29 is 16.5 Å². The summed E-state index contributed by atoms with van der Waals surface area (Å²) in [6, 6.07) is 15.7. The topological polar surface area (TPSA) is 93.2 Å². The van der Waals surface area contributed by atoms with Gasteiger partial charge in [0.25, 0.3) is 0 Å². The molecule has 9 heteroatoms. The summed E-state index contributed by atoms with van der Waals surface area (Å²) in [6.07, 6.45) is 5.59. The molecule has 0 radical (unpaired) electrons. The summed E-state index contributed by atoms with van der Waals surface area (Å²) in [5.41, 5.74) is 5.12. The maximum absolute atomic E-state index is 13.8. The van der Waals surface area contributed by atoms with Crippen LogP contribution in [0.4, 0.5) is 3.89 Å². The standard InChI is InChI=1S/C27H20FN3O4S/c1-3-16-7-8-20-23(10-16)30-27-25(20)26(32)22-9-15(2)21(12-24(22)31(27)18-13-29-14-18)17-5-4-6-19(11-17)35-36(28,33)34/h1,4-12,18,29-30H,13-14H2,2H3. The molecule has 5 aromatic rings. The second-order valence-corrected chi connectivity index (χ2v) is 9.91. The van der Waals surface area contributed by atoms with E-state index >= 15 is 0 Å². The van der Waals surface area contributed by atoms with Crippen molar-refractivity contribution in [2.24, 2.45) is 0 Å². The van der Waals surface area contributed by atoms with E-state index in [2.05, 4.69) is 25.0 Å². The van der Waals surface area contributed by atoms with Gasteiger partial charge in [0.1, 0.15) is 11.4 Å². The Balaban J connectivity index is 1.66. The van der Waals surface area contributed by atoms with Crippen LogP contribution in [0.1, 0.15) is 17.2 Å². The van der Waals surface area contributed by atoms with Crippen molar-refractivity contribution in [1.82, 2.24) is 14.9 Å². The second kappa shape index (κ2) is 7.95. The van der Waals surface area contributed by atoms with Crippen LogP contribution in [0.25, 0.3) is 44.0 Å². The lowest BCUT2D eigenvalue weighted by molar-refractivity contribution is 0.357. The zero-order chi connectivity index (χ0) is 25.2. The lowest BCUT2D eigenvalue weighted by atomic mass is 9.96. The zero-order valence-electron chi connectivity index (χ0n) is 19.1. The summed E-state index contributed by atoms with van der Waals surface area (Å²) in [4.78, 5) is 17.2. The number of nitrogens with one attached hydrogen (secondary N) is 2. The summed E-state index contributed by atoms with van der Waals surface area (Å²) in [5, 5.41) is 5.30. The fourth-order valence-corrected chi connectivity index (χ4v) is 5.33.